The van der Waals surface area contributed by atoms with Crippen molar-refractivity contribution in [1.82, 2.24) is 4.98 Å². The monoisotopic (exact) mass is 279 g/mol. The number of rotatable bonds is 5. The Kier molecular flexibility index (Phi) is 4.37. The smallest absolute Gasteiger partial charge is 0.316 e. The van der Waals surface area contributed by atoms with Crippen molar-refractivity contribution in [3.05, 3.63) is 41.8 Å². The van der Waals surface area contributed by atoms with Gasteiger partial charge in [0.1, 0.15) is 11.1 Å². The Balaban J connectivity index is 2.26. The molecule has 0 saturated carbocycles. The van der Waals surface area contributed by atoms with E-state index in [4.69, 9.17) is 5.11 Å². The van der Waals surface area contributed by atoms with Crippen LogP contribution in [0.1, 0.15) is 18.9 Å². The molecule has 5 heteroatoms. The summed E-state index contributed by atoms with van der Waals surface area (Å²) in [5, 5.41) is 9.05. The quantitative estimate of drug-likeness (QED) is 0.910. The van der Waals surface area contributed by atoms with Crippen molar-refractivity contribution >= 4 is 28.6 Å². The second-order valence-corrected chi connectivity index (χ2v) is 5.34. The zero-order chi connectivity index (χ0) is 13.8. The van der Waals surface area contributed by atoms with Crippen LogP contribution >= 0.6 is 11.8 Å². The van der Waals surface area contributed by atoms with Crippen molar-refractivity contribution in [2.45, 2.75) is 24.3 Å². The molecular weight excluding hydrogens is 265 g/mol. The predicted octanol–water partition coefficient (Wildman–Crippen LogP) is 3.47. The highest BCUT2D eigenvalue weighted by Crippen LogP contribution is 2.26. The lowest BCUT2D eigenvalue weighted by atomic mass is 10.1. The van der Waals surface area contributed by atoms with Crippen LogP contribution in [0.2, 0.25) is 0 Å². The molecule has 19 heavy (non-hydrogen) atoms. The van der Waals surface area contributed by atoms with Gasteiger partial charge in [-0.25, -0.2) is 4.39 Å². The van der Waals surface area contributed by atoms with Crippen molar-refractivity contribution in [3.63, 3.8) is 0 Å². The van der Waals surface area contributed by atoms with E-state index in [0.29, 0.717) is 23.1 Å². The van der Waals surface area contributed by atoms with E-state index in [1.165, 1.54) is 17.8 Å². The van der Waals surface area contributed by atoms with E-state index in [2.05, 4.69) is 4.98 Å². The largest absolute Gasteiger partial charge is 0.480 e. The van der Waals surface area contributed by atoms with Gasteiger partial charge >= 0.3 is 5.97 Å². The summed E-state index contributed by atoms with van der Waals surface area (Å²) >= 11 is 1.34. The van der Waals surface area contributed by atoms with Gasteiger partial charge in [-0.3, -0.25) is 9.78 Å². The van der Waals surface area contributed by atoms with Gasteiger partial charge in [-0.15, -0.1) is 11.8 Å². The minimum Gasteiger partial charge on any atom is -0.480 e. The molecule has 1 unspecified atom stereocenters. The van der Waals surface area contributed by atoms with Crippen LogP contribution in [-0.2, 0) is 10.5 Å². The first kappa shape index (κ1) is 13.8. The third-order valence-electron chi connectivity index (χ3n) is 2.89. The Hall–Kier alpha value is -1.62. The normalized spacial score (nSPS) is 12.5. The Labute approximate surface area is 114 Å². The highest BCUT2D eigenvalue weighted by molar-refractivity contribution is 7.99. The molecule has 0 fully saturated rings. The molecule has 1 heterocycles. The topological polar surface area (TPSA) is 50.2 Å². The molecule has 1 aromatic heterocycles. The number of fused-ring (bicyclic) bond motifs is 1. The zero-order valence-corrected chi connectivity index (χ0v) is 11.3. The molecule has 2 rings (SSSR count). The van der Waals surface area contributed by atoms with E-state index in [0.717, 1.165) is 5.56 Å². The standard InChI is InChI=1S/C14H14FNO2S/c1-2-12(14(17)18)19-8-9-5-6-11(15)10-4-3-7-16-13(9)10/h3-7,12H,2,8H2,1H3,(H,17,18). The lowest BCUT2D eigenvalue weighted by Gasteiger charge is -2.10. The summed E-state index contributed by atoms with van der Waals surface area (Å²) in [5.41, 5.74) is 1.47. The number of aromatic nitrogens is 1. The number of hydrogen-bond acceptors (Lipinski definition) is 3. The fourth-order valence-corrected chi connectivity index (χ4v) is 2.86. The molecule has 0 aliphatic carbocycles. The summed E-state index contributed by atoms with van der Waals surface area (Å²) in [6.45, 7) is 1.84. The van der Waals surface area contributed by atoms with E-state index >= 15 is 0 Å². The highest BCUT2D eigenvalue weighted by Gasteiger charge is 2.16. The van der Waals surface area contributed by atoms with E-state index in [9.17, 15) is 9.18 Å². The Morgan fingerprint density at radius 3 is 2.95 bits per heavy atom. The zero-order valence-electron chi connectivity index (χ0n) is 10.5. The number of carboxylic acids is 1. The number of aliphatic carboxylic acids is 1. The number of pyridine rings is 1. The van der Waals surface area contributed by atoms with Crippen molar-refractivity contribution in [2.75, 3.05) is 0 Å². The summed E-state index contributed by atoms with van der Waals surface area (Å²) in [5.74, 6) is -0.604. The van der Waals surface area contributed by atoms with Gasteiger partial charge in [0.25, 0.3) is 0 Å². The number of halogens is 1. The number of carboxylic acid groups (broad SMARTS) is 1. The van der Waals surface area contributed by atoms with Gasteiger partial charge in [0.2, 0.25) is 0 Å². The number of hydrogen-bond donors (Lipinski definition) is 1. The fourth-order valence-electron chi connectivity index (χ4n) is 1.87. The second kappa shape index (κ2) is 6.02. The van der Waals surface area contributed by atoms with Gasteiger partial charge in [-0.1, -0.05) is 13.0 Å². The first-order valence-electron chi connectivity index (χ1n) is 6.00. The van der Waals surface area contributed by atoms with E-state index in [-0.39, 0.29) is 5.82 Å². The van der Waals surface area contributed by atoms with Gasteiger partial charge in [-0.2, -0.15) is 0 Å². The summed E-state index contributed by atoms with van der Waals surface area (Å²) in [7, 11) is 0. The Morgan fingerprint density at radius 2 is 2.26 bits per heavy atom. The van der Waals surface area contributed by atoms with Crippen LogP contribution in [-0.4, -0.2) is 21.3 Å². The van der Waals surface area contributed by atoms with Crippen LogP contribution in [0, 0.1) is 5.82 Å². The number of thioether (sulfide) groups is 1. The molecule has 0 spiro atoms. The fraction of sp³-hybridized carbons (Fsp3) is 0.286. The molecule has 2 aromatic rings. The van der Waals surface area contributed by atoms with Crippen LogP contribution in [0.25, 0.3) is 10.9 Å². The second-order valence-electron chi connectivity index (χ2n) is 4.15. The average Bonchev–Trinajstić information content (AvgIpc) is 2.42. The summed E-state index contributed by atoms with van der Waals surface area (Å²) in [6, 6.07) is 6.45. The maximum Gasteiger partial charge on any atom is 0.316 e. The van der Waals surface area contributed by atoms with Crippen LogP contribution in [0.4, 0.5) is 4.39 Å². The third-order valence-corrected chi connectivity index (χ3v) is 4.30. The van der Waals surface area contributed by atoms with Crippen molar-refractivity contribution in [2.24, 2.45) is 0 Å². The summed E-state index contributed by atoms with van der Waals surface area (Å²) in [4.78, 5) is 15.2. The molecule has 100 valence electrons. The molecule has 0 aliphatic rings. The number of carbonyl (C=O) groups is 1. The first-order chi connectivity index (χ1) is 9.13. The number of benzene rings is 1. The minimum atomic E-state index is -0.813. The van der Waals surface area contributed by atoms with Gasteiger partial charge in [0.05, 0.1) is 5.52 Å². The van der Waals surface area contributed by atoms with Gasteiger partial charge in [0, 0.05) is 17.3 Å². The minimum absolute atomic E-state index is 0.304. The SMILES string of the molecule is CCC(SCc1ccc(F)c2cccnc12)C(=O)O. The van der Waals surface area contributed by atoms with E-state index < -0.39 is 11.2 Å². The van der Waals surface area contributed by atoms with Crippen LogP contribution in [0.3, 0.4) is 0 Å². The molecule has 0 bridgehead atoms. The van der Waals surface area contributed by atoms with Crippen LogP contribution in [0.15, 0.2) is 30.5 Å². The first-order valence-corrected chi connectivity index (χ1v) is 7.05. The Morgan fingerprint density at radius 1 is 1.47 bits per heavy atom. The molecule has 1 N–H and O–H groups in total. The van der Waals surface area contributed by atoms with Crippen molar-refractivity contribution in [3.8, 4) is 0 Å². The number of nitrogens with zero attached hydrogens (tertiary/aromatic N) is 1. The molecular formula is C14H14FNO2S. The molecule has 3 nitrogen and oxygen atoms in total. The molecule has 1 aromatic carbocycles. The lowest BCUT2D eigenvalue weighted by Crippen LogP contribution is -2.15. The summed E-state index contributed by atoms with van der Waals surface area (Å²) in [6.07, 6.45) is 2.18. The molecule has 0 aliphatic heterocycles. The van der Waals surface area contributed by atoms with Gasteiger partial charge in [0.15, 0.2) is 0 Å². The van der Waals surface area contributed by atoms with Gasteiger partial charge in [-0.05, 0) is 30.2 Å². The third kappa shape index (κ3) is 3.04. The lowest BCUT2D eigenvalue weighted by molar-refractivity contribution is -0.136. The van der Waals surface area contributed by atoms with Gasteiger partial charge < -0.3 is 5.11 Å². The molecule has 0 radical (unpaired) electrons. The Bertz CT molecular complexity index is 603. The molecule has 0 saturated heterocycles. The van der Waals surface area contributed by atoms with E-state index in [1.54, 1.807) is 24.4 Å². The van der Waals surface area contributed by atoms with E-state index in [1.807, 2.05) is 6.92 Å². The maximum absolute atomic E-state index is 13.6. The highest BCUT2D eigenvalue weighted by atomic mass is 32.2. The summed E-state index contributed by atoms with van der Waals surface area (Å²) < 4.78 is 13.6. The molecule has 0 amide bonds. The van der Waals surface area contributed by atoms with Crippen molar-refractivity contribution < 1.29 is 14.3 Å². The van der Waals surface area contributed by atoms with Crippen molar-refractivity contribution in [1.29, 1.82) is 0 Å². The maximum atomic E-state index is 13.6. The molecule has 1 atom stereocenters. The van der Waals surface area contributed by atoms with Crippen LogP contribution < -0.4 is 0 Å². The predicted molar refractivity (Wildman–Crippen MR) is 74.7 cm³/mol. The average molecular weight is 279 g/mol. The van der Waals surface area contributed by atoms with Crippen LogP contribution in [0.5, 0.6) is 0 Å².